The topological polar surface area (TPSA) is 121 Å². The number of nitrogens with two attached hydrogens (primary N) is 3. The average molecular weight is 440 g/mol. The first kappa shape index (κ1) is 30.2. The van der Waals surface area contributed by atoms with E-state index >= 15 is 0 Å². The van der Waals surface area contributed by atoms with E-state index in [-0.39, 0.29) is 55.0 Å². The fourth-order valence-electron chi connectivity index (χ4n) is 2.15. The first-order valence-electron chi connectivity index (χ1n) is 7.87. The van der Waals surface area contributed by atoms with Crippen LogP contribution in [0.25, 0.3) is 0 Å². The number of rotatable bonds is 5. The van der Waals surface area contributed by atoms with Crippen LogP contribution in [0.2, 0.25) is 0 Å². The van der Waals surface area contributed by atoms with Crippen molar-refractivity contribution in [3.63, 3.8) is 0 Å². The lowest BCUT2D eigenvalue weighted by Gasteiger charge is -2.04. The van der Waals surface area contributed by atoms with Gasteiger partial charge in [-0.3, -0.25) is 10.1 Å². The molecule has 6 nitrogen and oxygen atoms in total. The first-order valence-corrected chi connectivity index (χ1v) is 7.87. The molecule has 0 heterocycles. The highest BCUT2D eigenvalue weighted by atomic mass is 35.5. The Bertz CT molecular complexity index is 636. The number of nitrogen functional groups attached to an aromatic ring is 1. The van der Waals surface area contributed by atoms with Gasteiger partial charge >= 0.3 is 0 Å². The maximum absolute atomic E-state index is 10.3. The fraction of sp³-hybridized carbons (Fsp3) is 0.333. The quantitative estimate of drug-likeness (QED) is 0.370. The van der Waals surface area contributed by atoms with E-state index in [0.29, 0.717) is 0 Å². The summed E-state index contributed by atoms with van der Waals surface area (Å²) < 4.78 is 0. The van der Waals surface area contributed by atoms with Gasteiger partial charge in [-0.25, -0.2) is 0 Å². The van der Waals surface area contributed by atoms with E-state index in [9.17, 15) is 10.1 Å². The van der Waals surface area contributed by atoms with Crippen LogP contribution in [0, 0.1) is 10.1 Å². The highest BCUT2D eigenvalue weighted by Gasteiger charge is 2.04. The van der Waals surface area contributed by atoms with Crippen molar-refractivity contribution in [2.75, 3.05) is 5.73 Å². The SMILES string of the molecule is CC(N)Cc1ccc(N)cc1.CC(N)Cc1ccc([N+](=O)[O-])cc1.Cl.Cl.Cl. The van der Waals surface area contributed by atoms with Gasteiger partial charge in [-0.05, 0) is 49.9 Å². The normalized spacial score (nSPS) is 11.3. The van der Waals surface area contributed by atoms with E-state index in [1.54, 1.807) is 12.1 Å². The molecular weight excluding hydrogens is 411 g/mol. The summed E-state index contributed by atoms with van der Waals surface area (Å²) in [6, 6.07) is 14.6. The lowest BCUT2D eigenvalue weighted by atomic mass is 10.1. The van der Waals surface area contributed by atoms with Crippen molar-refractivity contribution in [2.45, 2.75) is 38.8 Å². The van der Waals surface area contributed by atoms with Crippen molar-refractivity contribution < 1.29 is 4.92 Å². The van der Waals surface area contributed by atoms with Crippen LogP contribution < -0.4 is 17.2 Å². The molecule has 0 bridgehead atoms. The highest BCUT2D eigenvalue weighted by molar-refractivity contribution is 5.86. The van der Waals surface area contributed by atoms with Crippen LogP contribution in [0.5, 0.6) is 0 Å². The van der Waals surface area contributed by atoms with Crippen LogP contribution >= 0.6 is 37.2 Å². The number of nitrogens with zero attached hydrogens (tertiary/aromatic N) is 1. The van der Waals surface area contributed by atoms with Gasteiger partial charge in [-0.2, -0.15) is 0 Å². The fourth-order valence-corrected chi connectivity index (χ4v) is 2.15. The number of nitro groups is 1. The number of hydrogen-bond donors (Lipinski definition) is 3. The molecule has 0 aliphatic carbocycles. The van der Waals surface area contributed by atoms with Crippen molar-refractivity contribution in [2.24, 2.45) is 11.5 Å². The summed E-state index contributed by atoms with van der Waals surface area (Å²) in [7, 11) is 0. The molecular formula is C18H29Cl3N4O2. The second-order valence-corrected chi connectivity index (χ2v) is 6.03. The molecule has 0 radical (unpaired) electrons. The molecule has 0 aromatic heterocycles. The predicted octanol–water partition coefficient (Wildman–Crippen LogP) is 3.91. The summed E-state index contributed by atoms with van der Waals surface area (Å²) >= 11 is 0. The third-order valence-electron chi connectivity index (χ3n) is 3.24. The zero-order chi connectivity index (χ0) is 18.1. The van der Waals surface area contributed by atoms with Gasteiger partial charge < -0.3 is 17.2 Å². The van der Waals surface area contributed by atoms with Crippen LogP contribution in [0.1, 0.15) is 25.0 Å². The minimum Gasteiger partial charge on any atom is -0.399 e. The molecule has 0 aliphatic rings. The zero-order valence-corrected chi connectivity index (χ0v) is 17.9. The number of halogens is 3. The largest absolute Gasteiger partial charge is 0.399 e. The van der Waals surface area contributed by atoms with E-state index < -0.39 is 4.92 Å². The molecule has 0 amide bonds. The van der Waals surface area contributed by atoms with Crippen LogP contribution in [0.15, 0.2) is 48.5 Å². The van der Waals surface area contributed by atoms with Crippen LogP contribution in [0.3, 0.4) is 0 Å². The Morgan fingerprint density at radius 2 is 1.15 bits per heavy atom. The Balaban J connectivity index is -0.000000388. The minimum atomic E-state index is -0.407. The Labute approximate surface area is 179 Å². The Morgan fingerprint density at radius 3 is 1.44 bits per heavy atom. The van der Waals surface area contributed by atoms with Gasteiger partial charge in [0.25, 0.3) is 5.69 Å². The molecule has 2 unspecified atom stereocenters. The van der Waals surface area contributed by atoms with Crippen molar-refractivity contribution in [3.8, 4) is 0 Å². The molecule has 0 aliphatic heterocycles. The van der Waals surface area contributed by atoms with Gasteiger partial charge in [0, 0.05) is 29.9 Å². The molecule has 0 saturated heterocycles. The molecule has 2 rings (SSSR count). The lowest BCUT2D eigenvalue weighted by Crippen LogP contribution is -2.17. The molecule has 154 valence electrons. The summed E-state index contributed by atoms with van der Waals surface area (Å²) in [5.41, 5.74) is 19.9. The molecule has 0 fully saturated rings. The molecule has 9 heteroatoms. The third kappa shape index (κ3) is 13.3. The average Bonchev–Trinajstić information content (AvgIpc) is 2.50. The summed E-state index contributed by atoms with van der Waals surface area (Å²) in [6.45, 7) is 3.90. The van der Waals surface area contributed by atoms with Crippen LogP contribution in [0.4, 0.5) is 11.4 Å². The molecule has 6 N–H and O–H groups in total. The number of anilines is 1. The second kappa shape index (κ2) is 15.5. The summed E-state index contributed by atoms with van der Waals surface area (Å²) in [4.78, 5) is 9.91. The van der Waals surface area contributed by atoms with E-state index in [1.807, 2.05) is 38.1 Å². The van der Waals surface area contributed by atoms with Gasteiger partial charge in [0.1, 0.15) is 0 Å². The number of non-ortho nitro benzene ring substituents is 1. The van der Waals surface area contributed by atoms with E-state index in [1.165, 1.54) is 17.7 Å². The summed E-state index contributed by atoms with van der Waals surface area (Å²) in [5, 5.41) is 10.3. The second-order valence-electron chi connectivity index (χ2n) is 6.03. The van der Waals surface area contributed by atoms with E-state index in [4.69, 9.17) is 17.2 Å². The minimum absolute atomic E-state index is 0. The molecule has 0 saturated carbocycles. The predicted molar refractivity (Wildman–Crippen MR) is 120 cm³/mol. The molecule has 2 aromatic carbocycles. The molecule has 2 aromatic rings. The lowest BCUT2D eigenvalue weighted by molar-refractivity contribution is -0.384. The standard InChI is InChI=1S/C9H12N2O2.C9H14N2.3ClH/c1-7(10)6-8-2-4-9(5-3-8)11(12)13;1-7(10)6-8-2-4-9(11)5-3-8;;;/h2-5,7H,6,10H2,1H3;2-5,7H,6,10-11H2,1H3;3*1H. The third-order valence-corrected chi connectivity index (χ3v) is 3.24. The smallest absolute Gasteiger partial charge is 0.269 e. The maximum atomic E-state index is 10.3. The van der Waals surface area contributed by atoms with Gasteiger partial charge in [0.15, 0.2) is 0 Å². The zero-order valence-electron chi connectivity index (χ0n) is 15.4. The van der Waals surface area contributed by atoms with Crippen molar-refractivity contribution in [3.05, 3.63) is 69.8 Å². The van der Waals surface area contributed by atoms with E-state index in [0.717, 1.165) is 24.1 Å². The number of benzene rings is 2. The number of hydrogen-bond acceptors (Lipinski definition) is 5. The summed E-state index contributed by atoms with van der Waals surface area (Å²) in [5.74, 6) is 0. The monoisotopic (exact) mass is 438 g/mol. The van der Waals surface area contributed by atoms with Crippen LogP contribution in [-0.4, -0.2) is 17.0 Å². The van der Waals surface area contributed by atoms with Crippen molar-refractivity contribution in [1.29, 1.82) is 0 Å². The van der Waals surface area contributed by atoms with Gasteiger partial charge in [-0.1, -0.05) is 24.3 Å². The summed E-state index contributed by atoms with van der Waals surface area (Å²) in [6.07, 6.45) is 1.66. The first-order chi connectivity index (χ1) is 11.3. The molecule has 27 heavy (non-hydrogen) atoms. The van der Waals surface area contributed by atoms with Gasteiger partial charge in [0.2, 0.25) is 0 Å². The number of nitro benzene ring substituents is 1. The Hall–Kier alpha value is -1.57. The Kier molecular flexibility index (Phi) is 17.3. The highest BCUT2D eigenvalue weighted by Crippen LogP contribution is 2.12. The molecule has 0 spiro atoms. The maximum Gasteiger partial charge on any atom is 0.269 e. The van der Waals surface area contributed by atoms with Crippen LogP contribution in [-0.2, 0) is 12.8 Å². The van der Waals surface area contributed by atoms with Crippen molar-refractivity contribution in [1.82, 2.24) is 0 Å². The van der Waals surface area contributed by atoms with Gasteiger partial charge in [0.05, 0.1) is 4.92 Å². The van der Waals surface area contributed by atoms with Gasteiger partial charge in [-0.15, -0.1) is 37.2 Å². The van der Waals surface area contributed by atoms with E-state index in [2.05, 4.69) is 0 Å². The van der Waals surface area contributed by atoms with Crippen molar-refractivity contribution >= 4 is 48.6 Å². The molecule has 2 atom stereocenters. The Morgan fingerprint density at radius 1 is 0.815 bits per heavy atom.